The van der Waals surface area contributed by atoms with E-state index in [0.29, 0.717) is 17.9 Å². The van der Waals surface area contributed by atoms with Crippen LogP contribution in [0.15, 0.2) is 48.5 Å². The highest BCUT2D eigenvalue weighted by Gasteiger charge is 2.36. The summed E-state index contributed by atoms with van der Waals surface area (Å²) in [5.74, 6) is -0.469. The zero-order chi connectivity index (χ0) is 20.4. The number of rotatable bonds is 6. The predicted molar refractivity (Wildman–Crippen MR) is 113 cm³/mol. The maximum absolute atomic E-state index is 12.8. The van der Waals surface area contributed by atoms with Gasteiger partial charge in [0.2, 0.25) is 17.7 Å². The third-order valence-electron chi connectivity index (χ3n) is 5.50. The topological polar surface area (TPSA) is 78.5 Å². The van der Waals surface area contributed by atoms with Crippen molar-refractivity contribution in [2.45, 2.75) is 32.6 Å². The molecule has 2 fully saturated rings. The molecule has 0 spiro atoms. The Morgan fingerprint density at radius 2 is 1.62 bits per heavy atom. The van der Waals surface area contributed by atoms with Crippen LogP contribution in [-0.2, 0) is 20.8 Å². The van der Waals surface area contributed by atoms with Gasteiger partial charge >= 0.3 is 0 Å². The quantitative estimate of drug-likeness (QED) is 0.790. The van der Waals surface area contributed by atoms with Gasteiger partial charge in [0.15, 0.2) is 0 Å². The van der Waals surface area contributed by atoms with E-state index in [1.807, 2.05) is 24.3 Å². The molecule has 1 saturated heterocycles. The molecule has 0 aromatic heterocycles. The van der Waals surface area contributed by atoms with Crippen molar-refractivity contribution in [3.8, 4) is 0 Å². The van der Waals surface area contributed by atoms with Crippen LogP contribution in [0.5, 0.6) is 0 Å². The summed E-state index contributed by atoms with van der Waals surface area (Å²) in [6.07, 6.45) is 2.91. The van der Waals surface area contributed by atoms with E-state index >= 15 is 0 Å². The van der Waals surface area contributed by atoms with E-state index in [0.717, 1.165) is 30.5 Å². The number of para-hydroxylation sites is 1. The first-order valence-electron chi connectivity index (χ1n) is 10.1. The molecule has 1 aliphatic heterocycles. The lowest BCUT2D eigenvalue weighted by Crippen LogP contribution is -2.28. The number of nitrogens with zero attached hydrogens (tertiary/aromatic N) is 1. The van der Waals surface area contributed by atoms with Gasteiger partial charge in [-0.1, -0.05) is 31.2 Å². The molecule has 150 valence electrons. The molecule has 1 saturated carbocycles. The van der Waals surface area contributed by atoms with Crippen molar-refractivity contribution in [1.82, 2.24) is 0 Å². The minimum absolute atomic E-state index is 0.0279. The largest absolute Gasteiger partial charge is 0.326 e. The van der Waals surface area contributed by atoms with E-state index in [1.165, 1.54) is 0 Å². The van der Waals surface area contributed by atoms with Crippen molar-refractivity contribution in [2.75, 3.05) is 22.1 Å². The molecule has 1 aliphatic carbocycles. The maximum atomic E-state index is 12.8. The van der Waals surface area contributed by atoms with Crippen LogP contribution in [0.3, 0.4) is 0 Å². The molecule has 4 rings (SSSR count). The number of hydrogen-bond donors (Lipinski definition) is 2. The normalized spacial score (nSPS) is 18.6. The predicted octanol–water partition coefficient (Wildman–Crippen LogP) is 3.59. The fourth-order valence-electron chi connectivity index (χ4n) is 3.70. The Labute approximate surface area is 170 Å². The molecule has 3 amide bonds. The zero-order valence-electron chi connectivity index (χ0n) is 16.5. The van der Waals surface area contributed by atoms with E-state index in [2.05, 4.69) is 17.6 Å². The standard InChI is InChI=1S/C23H25N3O3/c1-2-15-6-3-4-9-20(15)26-14-17(12-21(26)27)23(29)25-19-8-5-7-18(13-19)24-22(28)16-10-11-16/h3-9,13,16-17H,2,10-12,14H2,1H3,(H,24,28)(H,25,29). The first-order chi connectivity index (χ1) is 14.0. The Morgan fingerprint density at radius 1 is 0.966 bits per heavy atom. The summed E-state index contributed by atoms with van der Waals surface area (Å²) < 4.78 is 0. The second kappa shape index (κ2) is 8.07. The summed E-state index contributed by atoms with van der Waals surface area (Å²) in [5, 5.41) is 5.78. The molecule has 6 nitrogen and oxygen atoms in total. The van der Waals surface area contributed by atoms with E-state index in [1.54, 1.807) is 29.2 Å². The molecule has 0 radical (unpaired) electrons. The third kappa shape index (κ3) is 4.31. The number of amides is 3. The summed E-state index contributed by atoms with van der Waals surface area (Å²) in [4.78, 5) is 39.0. The summed E-state index contributed by atoms with van der Waals surface area (Å²) in [7, 11) is 0. The molecular weight excluding hydrogens is 366 g/mol. The van der Waals surface area contributed by atoms with Crippen molar-refractivity contribution in [1.29, 1.82) is 0 Å². The molecule has 2 aromatic rings. The van der Waals surface area contributed by atoms with E-state index in [-0.39, 0.29) is 30.1 Å². The Hall–Kier alpha value is -3.15. The summed E-state index contributed by atoms with van der Waals surface area (Å²) in [6.45, 7) is 2.43. The molecular formula is C23H25N3O3. The highest BCUT2D eigenvalue weighted by molar-refractivity contribution is 6.04. The van der Waals surface area contributed by atoms with E-state index < -0.39 is 5.92 Å². The van der Waals surface area contributed by atoms with Gasteiger partial charge in [0, 0.05) is 35.9 Å². The second-order valence-corrected chi connectivity index (χ2v) is 7.72. The van der Waals surface area contributed by atoms with Gasteiger partial charge in [-0.05, 0) is 49.1 Å². The van der Waals surface area contributed by atoms with Crippen LogP contribution < -0.4 is 15.5 Å². The Bertz CT molecular complexity index is 952. The fourth-order valence-corrected chi connectivity index (χ4v) is 3.70. The van der Waals surface area contributed by atoms with Crippen molar-refractivity contribution < 1.29 is 14.4 Å². The maximum Gasteiger partial charge on any atom is 0.229 e. The third-order valence-corrected chi connectivity index (χ3v) is 5.50. The van der Waals surface area contributed by atoms with Gasteiger partial charge in [-0.15, -0.1) is 0 Å². The smallest absolute Gasteiger partial charge is 0.229 e. The van der Waals surface area contributed by atoms with Crippen molar-refractivity contribution in [2.24, 2.45) is 11.8 Å². The van der Waals surface area contributed by atoms with Crippen LogP contribution in [0.2, 0.25) is 0 Å². The van der Waals surface area contributed by atoms with Gasteiger partial charge in [0.25, 0.3) is 0 Å². The van der Waals surface area contributed by atoms with Crippen LogP contribution in [0.4, 0.5) is 17.1 Å². The van der Waals surface area contributed by atoms with Crippen molar-refractivity contribution >= 4 is 34.8 Å². The van der Waals surface area contributed by atoms with Gasteiger partial charge in [-0.25, -0.2) is 0 Å². The summed E-state index contributed by atoms with van der Waals surface area (Å²) in [5.41, 5.74) is 3.27. The Kier molecular flexibility index (Phi) is 5.34. The average molecular weight is 391 g/mol. The highest BCUT2D eigenvalue weighted by atomic mass is 16.2. The molecule has 1 heterocycles. The zero-order valence-corrected chi connectivity index (χ0v) is 16.5. The molecule has 2 aromatic carbocycles. The lowest BCUT2D eigenvalue weighted by molar-refractivity contribution is -0.122. The molecule has 29 heavy (non-hydrogen) atoms. The van der Waals surface area contributed by atoms with Crippen molar-refractivity contribution in [3.05, 3.63) is 54.1 Å². The van der Waals surface area contributed by atoms with E-state index in [4.69, 9.17) is 0 Å². The first-order valence-corrected chi connectivity index (χ1v) is 10.1. The number of hydrogen-bond acceptors (Lipinski definition) is 3. The van der Waals surface area contributed by atoms with Crippen LogP contribution in [-0.4, -0.2) is 24.3 Å². The number of nitrogens with one attached hydrogen (secondary N) is 2. The average Bonchev–Trinajstić information content (AvgIpc) is 3.50. The SMILES string of the molecule is CCc1ccccc1N1CC(C(=O)Nc2cccc(NC(=O)C3CC3)c2)CC1=O. The molecule has 0 bridgehead atoms. The number of carbonyl (C=O) groups is 3. The summed E-state index contributed by atoms with van der Waals surface area (Å²) >= 11 is 0. The Morgan fingerprint density at radius 3 is 2.28 bits per heavy atom. The number of carbonyl (C=O) groups excluding carboxylic acids is 3. The number of aryl methyl sites for hydroxylation is 1. The van der Waals surface area contributed by atoms with Crippen LogP contribution in [0.25, 0.3) is 0 Å². The van der Waals surface area contributed by atoms with Gasteiger partial charge < -0.3 is 15.5 Å². The van der Waals surface area contributed by atoms with Gasteiger partial charge in [-0.2, -0.15) is 0 Å². The molecule has 6 heteroatoms. The van der Waals surface area contributed by atoms with Crippen LogP contribution >= 0.6 is 0 Å². The minimum Gasteiger partial charge on any atom is -0.326 e. The van der Waals surface area contributed by atoms with Crippen LogP contribution in [0.1, 0.15) is 31.7 Å². The van der Waals surface area contributed by atoms with E-state index in [9.17, 15) is 14.4 Å². The monoisotopic (exact) mass is 391 g/mol. The number of benzene rings is 2. The van der Waals surface area contributed by atoms with Gasteiger partial charge in [-0.3, -0.25) is 14.4 Å². The summed E-state index contributed by atoms with van der Waals surface area (Å²) in [6, 6.07) is 14.9. The van der Waals surface area contributed by atoms with Gasteiger partial charge in [0.05, 0.1) is 5.92 Å². The lowest BCUT2D eigenvalue weighted by Gasteiger charge is -2.20. The highest BCUT2D eigenvalue weighted by Crippen LogP contribution is 2.31. The second-order valence-electron chi connectivity index (χ2n) is 7.72. The van der Waals surface area contributed by atoms with Gasteiger partial charge in [0.1, 0.15) is 0 Å². The molecule has 2 aliphatic rings. The molecule has 2 N–H and O–H groups in total. The fraction of sp³-hybridized carbons (Fsp3) is 0.348. The molecule has 1 unspecified atom stereocenters. The minimum atomic E-state index is -0.405. The molecule has 1 atom stereocenters. The Balaban J connectivity index is 1.41. The first kappa shape index (κ1) is 19.2. The van der Waals surface area contributed by atoms with Crippen molar-refractivity contribution in [3.63, 3.8) is 0 Å². The lowest BCUT2D eigenvalue weighted by atomic mass is 10.1. The number of anilines is 3. The van der Waals surface area contributed by atoms with Crippen LogP contribution in [0, 0.1) is 11.8 Å².